The number of likely N-dealkylation sites (tertiary alicyclic amines) is 1. The van der Waals surface area contributed by atoms with Crippen LogP contribution in [0.3, 0.4) is 0 Å². The second kappa shape index (κ2) is 6.30. The van der Waals surface area contributed by atoms with Crippen molar-refractivity contribution in [3.8, 4) is 0 Å². The molecule has 0 aliphatic carbocycles. The highest BCUT2D eigenvalue weighted by Crippen LogP contribution is 2.32. The normalized spacial score (nSPS) is 16.9. The van der Waals surface area contributed by atoms with Gasteiger partial charge in [0.25, 0.3) is 5.91 Å². The van der Waals surface area contributed by atoms with E-state index in [2.05, 4.69) is 20.2 Å². The monoisotopic (exact) mass is 373 g/mol. The van der Waals surface area contributed by atoms with Gasteiger partial charge in [-0.2, -0.15) is 5.10 Å². The Kier molecular flexibility index (Phi) is 3.75. The maximum Gasteiger partial charge on any atom is 0.279 e. The zero-order valence-corrected chi connectivity index (χ0v) is 15.4. The molecule has 7 heteroatoms. The lowest BCUT2D eigenvalue weighted by atomic mass is 10.1. The fourth-order valence-corrected chi connectivity index (χ4v) is 3.95. The Balaban J connectivity index is 1.53. The number of H-pyrrole nitrogens is 2. The van der Waals surface area contributed by atoms with Crippen LogP contribution in [0.15, 0.2) is 47.3 Å². The van der Waals surface area contributed by atoms with Gasteiger partial charge in [-0.15, -0.1) is 0 Å². The van der Waals surface area contributed by atoms with Crippen molar-refractivity contribution in [1.82, 2.24) is 25.1 Å². The Labute approximate surface area is 160 Å². The number of fused-ring (bicyclic) bond motifs is 2. The number of para-hydroxylation sites is 1. The second-order valence-corrected chi connectivity index (χ2v) is 7.25. The quantitative estimate of drug-likeness (QED) is 0.564. The van der Waals surface area contributed by atoms with Crippen molar-refractivity contribution in [2.45, 2.75) is 25.8 Å². The lowest BCUT2D eigenvalue weighted by molar-refractivity contribution is 0.0722. The number of imidazole rings is 1. The van der Waals surface area contributed by atoms with E-state index in [4.69, 9.17) is 0 Å². The number of nitrogens with one attached hydrogen (secondary N) is 2. The van der Waals surface area contributed by atoms with Gasteiger partial charge in [0, 0.05) is 11.9 Å². The lowest BCUT2D eigenvalue weighted by Gasteiger charge is -2.22. The van der Waals surface area contributed by atoms with Crippen molar-refractivity contribution in [3.05, 3.63) is 69.8 Å². The van der Waals surface area contributed by atoms with Crippen LogP contribution in [0.5, 0.6) is 0 Å². The molecule has 1 atom stereocenters. The number of carbonyl (C=O) groups excluding carboxylic acids is 1. The predicted octanol–water partition coefficient (Wildman–Crippen LogP) is 3.09. The lowest BCUT2D eigenvalue weighted by Crippen LogP contribution is -2.35. The first kappa shape index (κ1) is 16.7. The first-order chi connectivity index (χ1) is 13.6. The molecule has 0 radical (unpaired) electrons. The molecule has 1 aliphatic heterocycles. The van der Waals surface area contributed by atoms with Crippen LogP contribution in [-0.2, 0) is 0 Å². The molecule has 1 fully saturated rings. The van der Waals surface area contributed by atoms with Crippen molar-refractivity contribution in [3.63, 3.8) is 0 Å². The minimum absolute atomic E-state index is 0.0717. The van der Waals surface area contributed by atoms with Gasteiger partial charge < -0.3 is 9.88 Å². The molecule has 1 unspecified atom stereocenters. The van der Waals surface area contributed by atoms with Crippen LogP contribution in [0, 0.1) is 6.92 Å². The van der Waals surface area contributed by atoms with Crippen molar-refractivity contribution in [1.29, 1.82) is 0 Å². The van der Waals surface area contributed by atoms with Crippen LogP contribution in [-0.4, -0.2) is 37.5 Å². The third-order valence-electron chi connectivity index (χ3n) is 5.36. The Morgan fingerprint density at radius 1 is 1.18 bits per heavy atom. The van der Waals surface area contributed by atoms with Crippen molar-refractivity contribution in [2.75, 3.05) is 6.54 Å². The van der Waals surface area contributed by atoms with Gasteiger partial charge in [-0.25, -0.2) is 4.98 Å². The minimum atomic E-state index is -0.355. The summed E-state index contributed by atoms with van der Waals surface area (Å²) < 4.78 is 0. The summed E-state index contributed by atoms with van der Waals surface area (Å²) in [5.41, 5.74) is 3.18. The topological polar surface area (TPSA) is 94.7 Å². The summed E-state index contributed by atoms with van der Waals surface area (Å²) in [6.45, 7) is 2.61. The molecular weight excluding hydrogens is 354 g/mol. The molecule has 1 saturated heterocycles. The van der Waals surface area contributed by atoms with Gasteiger partial charge in [-0.05, 0) is 49.6 Å². The van der Waals surface area contributed by atoms with Gasteiger partial charge in [0.05, 0.1) is 22.6 Å². The molecule has 2 N–H and O–H groups in total. The van der Waals surface area contributed by atoms with Gasteiger partial charge in [0.15, 0.2) is 5.69 Å². The smallest absolute Gasteiger partial charge is 0.279 e. The highest BCUT2D eigenvalue weighted by atomic mass is 16.2. The molecule has 5 rings (SSSR count). The number of aromatic nitrogens is 4. The summed E-state index contributed by atoms with van der Waals surface area (Å²) in [6.07, 6.45) is 1.66. The third kappa shape index (κ3) is 2.58. The molecule has 0 bridgehead atoms. The number of carbonyl (C=O) groups is 1. The van der Waals surface area contributed by atoms with Crippen molar-refractivity contribution in [2.24, 2.45) is 0 Å². The van der Waals surface area contributed by atoms with Crippen LogP contribution in [0.1, 0.15) is 40.8 Å². The molecule has 2 aromatic carbocycles. The Morgan fingerprint density at radius 3 is 2.93 bits per heavy atom. The Hall–Kier alpha value is -3.48. The SMILES string of the molecule is Cc1ccc2nc(C3CCCN3C(=O)c3n[nH]c4ccccc4c3=O)[nH]c2c1. The fraction of sp³-hybridized carbons (Fsp3) is 0.238. The molecule has 2 aromatic heterocycles. The minimum Gasteiger partial charge on any atom is -0.340 e. The van der Waals surface area contributed by atoms with Crippen LogP contribution >= 0.6 is 0 Å². The molecule has 3 heterocycles. The van der Waals surface area contributed by atoms with E-state index < -0.39 is 0 Å². The van der Waals surface area contributed by atoms with E-state index in [1.54, 1.807) is 23.1 Å². The van der Waals surface area contributed by atoms with Gasteiger partial charge >= 0.3 is 0 Å². The first-order valence-corrected chi connectivity index (χ1v) is 9.36. The maximum atomic E-state index is 13.2. The average Bonchev–Trinajstić information content (AvgIpc) is 3.34. The molecule has 0 saturated carbocycles. The predicted molar refractivity (Wildman–Crippen MR) is 106 cm³/mol. The Bertz CT molecular complexity index is 1270. The van der Waals surface area contributed by atoms with Gasteiger partial charge in [-0.3, -0.25) is 14.7 Å². The molecule has 4 aromatic rings. The summed E-state index contributed by atoms with van der Waals surface area (Å²) in [6, 6.07) is 12.9. The molecule has 28 heavy (non-hydrogen) atoms. The molecule has 1 amide bonds. The average molecular weight is 373 g/mol. The summed E-state index contributed by atoms with van der Waals surface area (Å²) in [4.78, 5) is 35.7. The van der Waals surface area contributed by atoms with Crippen LogP contribution in [0.25, 0.3) is 21.9 Å². The van der Waals surface area contributed by atoms with Crippen LogP contribution in [0.2, 0.25) is 0 Å². The number of hydrogen-bond donors (Lipinski definition) is 2. The largest absolute Gasteiger partial charge is 0.340 e. The molecular formula is C21H19N5O2. The summed E-state index contributed by atoms with van der Waals surface area (Å²) in [5.74, 6) is 0.398. The zero-order valence-electron chi connectivity index (χ0n) is 15.4. The maximum absolute atomic E-state index is 13.2. The van der Waals surface area contributed by atoms with Crippen LogP contribution in [0.4, 0.5) is 0 Å². The van der Waals surface area contributed by atoms with Crippen molar-refractivity contribution < 1.29 is 4.79 Å². The molecule has 0 spiro atoms. The second-order valence-electron chi connectivity index (χ2n) is 7.25. The first-order valence-electron chi connectivity index (χ1n) is 9.36. The summed E-state index contributed by atoms with van der Waals surface area (Å²) >= 11 is 0. The van der Waals surface area contributed by atoms with E-state index in [1.165, 1.54) is 0 Å². The number of amides is 1. The summed E-state index contributed by atoms with van der Waals surface area (Å²) in [7, 11) is 0. The van der Waals surface area contributed by atoms with E-state index in [9.17, 15) is 9.59 Å². The number of aryl methyl sites for hydroxylation is 1. The number of hydrogen-bond acceptors (Lipinski definition) is 4. The van der Waals surface area contributed by atoms with Gasteiger partial charge in [0.1, 0.15) is 5.82 Å². The number of rotatable bonds is 2. The standard InChI is InChI=1S/C21H19N5O2/c1-12-8-9-15-16(11-12)23-20(22-15)17-7-4-10-26(17)21(28)18-19(27)13-5-2-3-6-14(13)24-25-18/h2-3,5-6,8-9,11,17H,4,7,10H2,1H3,(H,22,23)(H,24,27). The van der Waals surface area contributed by atoms with Gasteiger partial charge in [-0.1, -0.05) is 18.2 Å². The van der Waals surface area contributed by atoms with E-state index in [0.29, 0.717) is 17.4 Å². The molecule has 7 nitrogen and oxygen atoms in total. The van der Waals surface area contributed by atoms with Crippen LogP contribution < -0.4 is 5.43 Å². The number of aromatic amines is 2. The number of nitrogens with zero attached hydrogens (tertiary/aromatic N) is 3. The highest BCUT2D eigenvalue weighted by Gasteiger charge is 2.34. The molecule has 1 aliphatic rings. The van der Waals surface area contributed by atoms with Gasteiger partial charge in [0.2, 0.25) is 5.43 Å². The summed E-state index contributed by atoms with van der Waals surface area (Å²) in [5, 5.41) is 7.37. The van der Waals surface area contributed by atoms with E-state index >= 15 is 0 Å². The Morgan fingerprint density at radius 2 is 2.04 bits per heavy atom. The third-order valence-corrected chi connectivity index (χ3v) is 5.36. The zero-order chi connectivity index (χ0) is 19.3. The number of benzene rings is 2. The fourth-order valence-electron chi connectivity index (χ4n) is 3.95. The van der Waals surface area contributed by atoms with E-state index in [-0.39, 0.29) is 23.1 Å². The highest BCUT2D eigenvalue weighted by molar-refractivity contribution is 5.95. The van der Waals surface area contributed by atoms with E-state index in [1.807, 2.05) is 31.2 Å². The van der Waals surface area contributed by atoms with E-state index in [0.717, 1.165) is 35.3 Å². The molecule has 140 valence electrons. The van der Waals surface area contributed by atoms with Crippen molar-refractivity contribution >= 4 is 27.8 Å².